The van der Waals surface area contributed by atoms with E-state index in [2.05, 4.69) is 9.80 Å². The molecule has 2 aliphatic heterocycles. The molecule has 2 heterocycles. The van der Waals surface area contributed by atoms with Gasteiger partial charge in [-0.2, -0.15) is 0 Å². The number of nitrogens with zero attached hydrogens (tertiary/aromatic N) is 4. The number of carbonyl (C=O) groups is 2. The maximum Gasteiger partial charge on any atom is 0.410 e. The summed E-state index contributed by atoms with van der Waals surface area (Å²) in [6.45, 7) is 17.3. The van der Waals surface area contributed by atoms with Gasteiger partial charge in [0.1, 0.15) is 11.2 Å². The van der Waals surface area contributed by atoms with Gasteiger partial charge >= 0.3 is 12.2 Å². The van der Waals surface area contributed by atoms with Crippen molar-refractivity contribution >= 4 is 29.5 Å². The van der Waals surface area contributed by atoms with E-state index in [1.165, 1.54) is 0 Å². The SMILES string of the molecule is Cc1cccc(N2CCN(C(=O)OC(C)(C)CN3CCN(C(=O)OC(C)(C)C)CC3)CC2)c1Cl. The molecule has 0 aromatic heterocycles. The Morgan fingerprint density at radius 1 is 0.853 bits per heavy atom. The lowest BCUT2D eigenvalue weighted by molar-refractivity contribution is -0.0214. The van der Waals surface area contributed by atoms with Gasteiger partial charge in [0.05, 0.1) is 10.7 Å². The normalized spacial score (nSPS) is 18.1. The first-order valence-corrected chi connectivity index (χ1v) is 12.4. The lowest BCUT2D eigenvalue weighted by atomic mass is 10.1. The molecule has 0 spiro atoms. The molecule has 0 unspecified atom stereocenters. The minimum absolute atomic E-state index is 0.274. The van der Waals surface area contributed by atoms with Crippen molar-refractivity contribution in [3.8, 4) is 0 Å². The predicted molar refractivity (Wildman–Crippen MR) is 135 cm³/mol. The van der Waals surface area contributed by atoms with Crippen molar-refractivity contribution in [3.05, 3.63) is 28.8 Å². The molecule has 0 aliphatic carbocycles. The molecular formula is C25H39ClN4O4. The van der Waals surface area contributed by atoms with E-state index in [-0.39, 0.29) is 12.2 Å². The highest BCUT2D eigenvalue weighted by Gasteiger charge is 2.33. The van der Waals surface area contributed by atoms with Crippen LogP contribution in [0.2, 0.25) is 5.02 Å². The van der Waals surface area contributed by atoms with Crippen LogP contribution in [-0.2, 0) is 9.47 Å². The third kappa shape index (κ3) is 7.15. The number of rotatable bonds is 4. The molecule has 8 nitrogen and oxygen atoms in total. The molecular weight excluding hydrogens is 456 g/mol. The molecule has 0 radical (unpaired) electrons. The zero-order valence-electron chi connectivity index (χ0n) is 21.4. The topological polar surface area (TPSA) is 65.6 Å². The standard InChI is InChI=1S/C25H39ClN4O4/c1-19-8-7-9-20(21(19)26)28-14-16-30(17-15-28)23(32)34-25(5,6)18-27-10-12-29(13-11-27)22(31)33-24(2,3)4/h7-9H,10-18H2,1-6H3. The number of hydrogen-bond donors (Lipinski definition) is 0. The summed E-state index contributed by atoms with van der Waals surface area (Å²) in [6.07, 6.45) is -0.559. The fourth-order valence-electron chi connectivity index (χ4n) is 4.29. The average Bonchev–Trinajstić information content (AvgIpc) is 2.74. The second-order valence-electron chi connectivity index (χ2n) is 10.8. The number of anilines is 1. The van der Waals surface area contributed by atoms with Gasteiger partial charge < -0.3 is 24.2 Å². The Kier molecular flexibility index (Phi) is 8.24. The van der Waals surface area contributed by atoms with Gasteiger partial charge in [-0.3, -0.25) is 4.90 Å². The summed E-state index contributed by atoms with van der Waals surface area (Å²) in [5.74, 6) is 0. The molecule has 1 aromatic rings. The first-order chi connectivity index (χ1) is 15.8. The molecule has 0 saturated carbocycles. The first kappa shape index (κ1) is 26.4. The Morgan fingerprint density at radius 2 is 1.38 bits per heavy atom. The van der Waals surface area contributed by atoms with E-state index in [9.17, 15) is 9.59 Å². The molecule has 34 heavy (non-hydrogen) atoms. The van der Waals surface area contributed by atoms with Gasteiger partial charge in [-0.05, 0) is 53.2 Å². The second kappa shape index (κ2) is 10.6. The Morgan fingerprint density at radius 3 is 1.94 bits per heavy atom. The summed E-state index contributed by atoms with van der Waals surface area (Å²) in [7, 11) is 0. The molecule has 0 atom stereocenters. The Bertz CT molecular complexity index is 870. The van der Waals surface area contributed by atoms with E-state index in [0.717, 1.165) is 29.4 Å². The molecule has 2 aliphatic rings. The van der Waals surface area contributed by atoms with E-state index in [0.29, 0.717) is 45.8 Å². The molecule has 2 amide bonds. The van der Waals surface area contributed by atoms with E-state index >= 15 is 0 Å². The Balaban J connectivity index is 1.44. The molecule has 3 rings (SSSR count). The lowest BCUT2D eigenvalue weighted by Crippen LogP contribution is -2.55. The van der Waals surface area contributed by atoms with Crippen molar-refractivity contribution in [1.82, 2.24) is 14.7 Å². The third-order valence-corrected chi connectivity index (χ3v) is 6.53. The van der Waals surface area contributed by atoms with Crippen LogP contribution in [0.1, 0.15) is 40.2 Å². The van der Waals surface area contributed by atoms with Gasteiger partial charge in [-0.25, -0.2) is 9.59 Å². The maximum atomic E-state index is 12.9. The number of halogens is 1. The highest BCUT2D eigenvalue weighted by molar-refractivity contribution is 6.34. The minimum Gasteiger partial charge on any atom is -0.444 e. The monoisotopic (exact) mass is 494 g/mol. The molecule has 2 fully saturated rings. The van der Waals surface area contributed by atoms with Crippen molar-refractivity contribution < 1.29 is 19.1 Å². The number of aryl methyl sites for hydroxylation is 1. The van der Waals surface area contributed by atoms with E-state index in [1.807, 2.05) is 59.7 Å². The van der Waals surface area contributed by atoms with Crippen LogP contribution >= 0.6 is 11.6 Å². The first-order valence-electron chi connectivity index (χ1n) is 12.0. The fraction of sp³-hybridized carbons (Fsp3) is 0.680. The van der Waals surface area contributed by atoms with Gasteiger partial charge in [0, 0.05) is 58.9 Å². The average molecular weight is 495 g/mol. The van der Waals surface area contributed by atoms with Crippen LogP contribution < -0.4 is 4.90 Å². The van der Waals surface area contributed by atoms with Crippen molar-refractivity contribution in [3.63, 3.8) is 0 Å². The van der Waals surface area contributed by atoms with E-state index in [4.69, 9.17) is 21.1 Å². The van der Waals surface area contributed by atoms with E-state index < -0.39 is 11.2 Å². The quantitative estimate of drug-likeness (QED) is 0.623. The van der Waals surface area contributed by atoms with Crippen LogP contribution in [0.3, 0.4) is 0 Å². The fourth-order valence-corrected chi connectivity index (χ4v) is 4.54. The predicted octanol–water partition coefficient (Wildman–Crippen LogP) is 4.24. The van der Waals surface area contributed by atoms with Gasteiger partial charge in [0.25, 0.3) is 0 Å². The number of piperazine rings is 2. The van der Waals surface area contributed by atoms with Crippen molar-refractivity contribution in [1.29, 1.82) is 0 Å². The zero-order valence-corrected chi connectivity index (χ0v) is 22.2. The number of carbonyl (C=O) groups excluding carboxylic acids is 2. The summed E-state index contributed by atoms with van der Waals surface area (Å²) in [4.78, 5) is 33.1. The minimum atomic E-state index is -0.637. The zero-order chi connectivity index (χ0) is 25.1. The summed E-state index contributed by atoms with van der Waals surface area (Å²) < 4.78 is 11.4. The smallest absolute Gasteiger partial charge is 0.410 e. The Hall–Kier alpha value is -2.19. The van der Waals surface area contributed by atoms with Crippen LogP contribution in [0.5, 0.6) is 0 Å². The number of hydrogen-bond acceptors (Lipinski definition) is 6. The van der Waals surface area contributed by atoms with Gasteiger partial charge in [0.15, 0.2) is 0 Å². The molecule has 0 bridgehead atoms. The van der Waals surface area contributed by atoms with Gasteiger partial charge in [-0.15, -0.1) is 0 Å². The molecule has 2 saturated heterocycles. The summed E-state index contributed by atoms with van der Waals surface area (Å²) >= 11 is 6.48. The highest BCUT2D eigenvalue weighted by atomic mass is 35.5. The summed E-state index contributed by atoms with van der Waals surface area (Å²) in [5.41, 5.74) is 0.930. The van der Waals surface area contributed by atoms with Crippen LogP contribution in [0, 0.1) is 6.92 Å². The Labute approximate surface area is 208 Å². The van der Waals surface area contributed by atoms with Crippen molar-refractivity contribution in [2.45, 2.75) is 52.7 Å². The summed E-state index contributed by atoms with van der Waals surface area (Å²) in [5, 5.41) is 0.770. The molecule has 190 valence electrons. The second-order valence-corrected chi connectivity index (χ2v) is 11.1. The number of ether oxygens (including phenoxy) is 2. The maximum absolute atomic E-state index is 12.9. The van der Waals surface area contributed by atoms with Crippen LogP contribution in [0.4, 0.5) is 15.3 Å². The lowest BCUT2D eigenvalue weighted by Gasteiger charge is -2.40. The molecule has 9 heteroatoms. The highest BCUT2D eigenvalue weighted by Crippen LogP contribution is 2.29. The largest absolute Gasteiger partial charge is 0.444 e. The summed E-state index contributed by atoms with van der Waals surface area (Å²) in [6, 6.07) is 6.03. The van der Waals surface area contributed by atoms with Crippen LogP contribution in [0.15, 0.2) is 18.2 Å². The van der Waals surface area contributed by atoms with Crippen molar-refractivity contribution in [2.24, 2.45) is 0 Å². The molecule has 1 aromatic carbocycles. The van der Waals surface area contributed by atoms with Crippen LogP contribution in [0.25, 0.3) is 0 Å². The van der Waals surface area contributed by atoms with Crippen molar-refractivity contribution in [2.75, 3.05) is 63.8 Å². The van der Waals surface area contributed by atoms with Gasteiger partial charge in [0.2, 0.25) is 0 Å². The number of benzene rings is 1. The third-order valence-electron chi connectivity index (χ3n) is 6.04. The van der Waals surface area contributed by atoms with Gasteiger partial charge in [-0.1, -0.05) is 23.7 Å². The molecule has 0 N–H and O–H groups in total. The van der Waals surface area contributed by atoms with E-state index in [1.54, 1.807) is 9.80 Å². The van der Waals surface area contributed by atoms with Crippen LogP contribution in [-0.4, -0.2) is 97.0 Å². The number of amides is 2.